The van der Waals surface area contributed by atoms with Crippen molar-refractivity contribution < 1.29 is 14.9 Å². The van der Waals surface area contributed by atoms with Crippen LogP contribution in [0.15, 0.2) is 0 Å². The second-order valence-corrected chi connectivity index (χ2v) is 9.79. The lowest BCUT2D eigenvalue weighted by molar-refractivity contribution is -0.0129. The van der Waals surface area contributed by atoms with Gasteiger partial charge in [-0.2, -0.15) is 0 Å². The summed E-state index contributed by atoms with van der Waals surface area (Å²) in [4.78, 5) is 0. The lowest BCUT2D eigenvalue weighted by atomic mass is 10.0. The normalized spacial score (nSPS) is 13.5. The van der Waals surface area contributed by atoms with Gasteiger partial charge in [0.2, 0.25) is 0 Å². The summed E-state index contributed by atoms with van der Waals surface area (Å²) < 4.78 is 5.54. The molecule has 0 aromatic rings. The van der Waals surface area contributed by atoms with Gasteiger partial charge in [-0.1, -0.05) is 142 Å². The molecule has 0 aliphatic heterocycles. The first-order valence-electron chi connectivity index (χ1n) is 14.1. The van der Waals surface area contributed by atoms with E-state index in [4.69, 9.17) is 4.74 Å². The Morgan fingerprint density at radius 1 is 0.419 bits per heavy atom. The molecule has 0 bridgehead atoms. The zero-order valence-corrected chi connectivity index (χ0v) is 21.4. The van der Waals surface area contributed by atoms with E-state index in [0.29, 0.717) is 13.2 Å². The average Bonchev–Trinajstić information content (AvgIpc) is 2.76. The molecule has 0 fully saturated rings. The van der Waals surface area contributed by atoms with Crippen molar-refractivity contribution in [1.29, 1.82) is 0 Å². The summed E-state index contributed by atoms with van der Waals surface area (Å²) >= 11 is 0. The van der Waals surface area contributed by atoms with E-state index in [1.165, 1.54) is 116 Å². The van der Waals surface area contributed by atoms with Crippen LogP contribution in [-0.2, 0) is 4.74 Å². The van der Waals surface area contributed by atoms with Gasteiger partial charge in [0.1, 0.15) is 0 Å². The summed E-state index contributed by atoms with van der Waals surface area (Å²) in [5.41, 5.74) is 0. The summed E-state index contributed by atoms with van der Waals surface area (Å²) in [6.45, 7) is 5.26. The highest BCUT2D eigenvalue weighted by atomic mass is 16.5. The van der Waals surface area contributed by atoms with E-state index in [2.05, 4.69) is 13.8 Å². The van der Waals surface area contributed by atoms with Gasteiger partial charge in [0.25, 0.3) is 0 Å². The van der Waals surface area contributed by atoms with Crippen LogP contribution in [0, 0.1) is 0 Å². The molecule has 31 heavy (non-hydrogen) atoms. The fourth-order valence-corrected chi connectivity index (χ4v) is 4.24. The maximum atomic E-state index is 10.0. The van der Waals surface area contributed by atoms with Gasteiger partial charge in [-0.3, -0.25) is 0 Å². The second-order valence-electron chi connectivity index (χ2n) is 9.79. The minimum atomic E-state index is -0.376. The third kappa shape index (κ3) is 26.0. The number of ether oxygens (including phenoxy) is 1. The van der Waals surface area contributed by atoms with Crippen molar-refractivity contribution in [3.63, 3.8) is 0 Å². The molecule has 0 aromatic carbocycles. The molecular weight excluding hydrogens is 384 g/mol. The summed E-state index contributed by atoms with van der Waals surface area (Å²) in [7, 11) is 0. The lowest BCUT2D eigenvalue weighted by Gasteiger charge is -2.14. The maximum Gasteiger partial charge on any atom is 0.0773 e. The van der Waals surface area contributed by atoms with Crippen LogP contribution in [0.3, 0.4) is 0 Å². The third-order valence-corrected chi connectivity index (χ3v) is 6.40. The summed E-state index contributed by atoms with van der Waals surface area (Å²) in [5.74, 6) is 0. The monoisotopic (exact) mass is 442 g/mol. The van der Waals surface area contributed by atoms with Gasteiger partial charge in [0, 0.05) is 0 Å². The van der Waals surface area contributed by atoms with E-state index in [9.17, 15) is 10.2 Å². The number of rotatable bonds is 26. The van der Waals surface area contributed by atoms with Gasteiger partial charge in [-0.25, -0.2) is 0 Å². The molecule has 0 rings (SSSR count). The predicted octanol–water partition coefficient (Wildman–Crippen LogP) is 8.35. The number of hydrogen-bond donors (Lipinski definition) is 2. The molecule has 0 aliphatic carbocycles. The Hall–Kier alpha value is -0.120. The van der Waals surface area contributed by atoms with Gasteiger partial charge in [0.15, 0.2) is 0 Å². The highest BCUT2D eigenvalue weighted by Gasteiger charge is 2.08. The molecule has 0 radical (unpaired) electrons. The topological polar surface area (TPSA) is 49.7 Å². The highest BCUT2D eigenvalue weighted by molar-refractivity contribution is 4.59. The number of hydrogen-bond acceptors (Lipinski definition) is 3. The van der Waals surface area contributed by atoms with Crippen molar-refractivity contribution in [3.8, 4) is 0 Å². The number of unbranched alkanes of at least 4 members (excludes halogenated alkanes) is 18. The molecule has 0 heterocycles. The van der Waals surface area contributed by atoms with E-state index in [0.717, 1.165) is 25.7 Å². The van der Waals surface area contributed by atoms with Gasteiger partial charge in [-0.05, 0) is 12.8 Å². The first kappa shape index (κ1) is 30.9. The lowest BCUT2D eigenvalue weighted by Crippen LogP contribution is -2.21. The van der Waals surface area contributed by atoms with Crippen molar-refractivity contribution >= 4 is 0 Å². The molecule has 3 nitrogen and oxygen atoms in total. The van der Waals surface area contributed by atoms with Crippen LogP contribution in [-0.4, -0.2) is 35.6 Å². The fraction of sp³-hybridized carbons (Fsp3) is 1.00. The van der Waals surface area contributed by atoms with Crippen molar-refractivity contribution in [2.75, 3.05) is 13.2 Å². The zero-order valence-electron chi connectivity index (χ0n) is 21.4. The smallest absolute Gasteiger partial charge is 0.0773 e. The number of aliphatic hydroxyl groups is 2. The second kappa shape index (κ2) is 26.1. The third-order valence-electron chi connectivity index (χ3n) is 6.40. The molecule has 0 spiro atoms. The average molecular weight is 443 g/mol. The minimum absolute atomic E-state index is 0.368. The molecule has 0 saturated heterocycles. The minimum Gasteiger partial charge on any atom is -0.391 e. The van der Waals surface area contributed by atoms with Crippen LogP contribution in [0.4, 0.5) is 0 Å². The van der Waals surface area contributed by atoms with Crippen molar-refractivity contribution in [1.82, 2.24) is 0 Å². The molecule has 2 N–H and O–H groups in total. The highest BCUT2D eigenvalue weighted by Crippen LogP contribution is 2.13. The molecule has 3 heteroatoms. The number of aliphatic hydroxyl groups excluding tert-OH is 2. The van der Waals surface area contributed by atoms with Crippen LogP contribution in [0.2, 0.25) is 0 Å². The Morgan fingerprint density at radius 2 is 0.677 bits per heavy atom. The first-order chi connectivity index (χ1) is 15.2. The molecule has 188 valence electrons. The van der Waals surface area contributed by atoms with Crippen LogP contribution in [0.25, 0.3) is 0 Å². The van der Waals surface area contributed by atoms with Crippen molar-refractivity contribution in [2.24, 2.45) is 0 Å². The fourth-order valence-electron chi connectivity index (χ4n) is 4.24. The first-order valence-corrected chi connectivity index (χ1v) is 14.1. The zero-order chi connectivity index (χ0) is 22.8. The van der Waals surface area contributed by atoms with E-state index in [1.54, 1.807) is 0 Å². The standard InChI is InChI=1S/C28H58O3/c1-3-5-7-9-11-13-15-17-19-21-23-27(29)25-31-26-28(30)24-22-20-18-16-14-12-10-8-6-4-2/h27-30H,3-26H2,1-2H3. The van der Waals surface area contributed by atoms with E-state index in [1.807, 2.05) is 0 Å². The van der Waals surface area contributed by atoms with Crippen LogP contribution >= 0.6 is 0 Å². The molecule has 0 saturated carbocycles. The molecule has 0 aliphatic rings. The quantitative estimate of drug-likeness (QED) is 0.132. The van der Waals surface area contributed by atoms with E-state index < -0.39 is 0 Å². The molecule has 2 atom stereocenters. The maximum absolute atomic E-state index is 10.0. The Kier molecular flexibility index (Phi) is 26.0. The molecule has 0 aromatic heterocycles. The van der Waals surface area contributed by atoms with Crippen LogP contribution < -0.4 is 0 Å². The van der Waals surface area contributed by atoms with E-state index >= 15 is 0 Å². The largest absolute Gasteiger partial charge is 0.391 e. The van der Waals surface area contributed by atoms with Gasteiger partial charge < -0.3 is 14.9 Å². The predicted molar refractivity (Wildman–Crippen MR) is 136 cm³/mol. The summed E-state index contributed by atoms with van der Waals surface area (Å²) in [5, 5.41) is 20.1. The van der Waals surface area contributed by atoms with Crippen molar-refractivity contribution in [2.45, 2.75) is 167 Å². The molecular formula is C28H58O3. The Morgan fingerprint density at radius 3 is 0.968 bits per heavy atom. The van der Waals surface area contributed by atoms with E-state index in [-0.39, 0.29) is 12.2 Å². The van der Waals surface area contributed by atoms with Gasteiger partial charge >= 0.3 is 0 Å². The van der Waals surface area contributed by atoms with Gasteiger partial charge in [0.05, 0.1) is 25.4 Å². The Labute approximate surface area is 195 Å². The molecule has 0 amide bonds. The summed E-state index contributed by atoms with van der Waals surface area (Å²) in [6.07, 6.45) is 27.3. The molecule has 2 unspecified atom stereocenters. The van der Waals surface area contributed by atoms with Gasteiger partial charge in [-0.15, -0.1) is 0 Å². The summed E-state index contributed by atoms with van der Waals surface area (Å²) in [6, 6.07) is 0. The van der Waals surface area contributed by atoms with Crippen LogP contribution in [0.5, 0.6) is 0 Å². The van der Waals surface area contributed by atoms with Crippen molar-refractivity contribution in [3.05, 3.63) is 0 Å². The SMILES string of the molecule is CCCCCCCCCCCCC(O)COCC(O)CCCCCCCCCCCC. The Bertz CT molecular complexity index is 291. The van der Waals surface area contributed by atoms with Crippen LogP contribution in [0.1, 0.15) is 155 Å². The Balaban J connectivity index is 3.28.